The van der Waals surface area contributed by atoms with Crippen LogP contribution in [0.2, 0.25) is 0 Å². The zero-order valence-corrected chi connectivity index (χ0v) is 19.0. The van der Waals surface area contributed by atoms with Gasteiger partial charge in [-0.2, -0.15) is 0 Å². The Hall–Kier alpha value is -2.25. The van der Waals surface area contributed by atoms with E-state index in [1.165, 1.54) is 10.4 Å². The van der Waals surface area contributed by atoms with E-state index in [0.717, 1.165) is 48.1 Å². The molecule has 1 aliphatic carbocycles. The van der Waals surface area contributed by atoms with Crippen LogP contribution in [0.3, 0.4) is 0 Å². The fourth-order valence-corrected chi connectivity index (χ4v) is 6.04. The van der Waals surface area contributed by atoms with Gasteiger partial charge >= 0.3 is 0 Å². The number of benzene rings is 2. The van der Waals surface area contributed by atoms with Crippen LogP contribution in [0.25, 0.3) is 21.7 Å². The summed E-state index contributed by atoms with van der Waals surface area (Å²) in [6.45, 7) is 5.99. The Bertz CT molecular complexity index is 1040. The van der Waals surface area contributed by atoms with Gasteiger partial charge < -0.3 is 20.6 Å². The monoisotopic (exact) mass is 434 g/mol. The number of rotatable bonds is 4. The summed E-state index contributed by atoms with van der Waals surface area (Å²) in [5.41, 5.74) is 9.87. The summed E-state index contributed by atoms with van der Waals surface area (Å²) in [4.78, 5) is 11.1. The van der Waals surface area contributed by atoms with Gasteiger partial charge in [0.1, 0.15) is 0 Å². The Kier molecular flexibility index (Phi) is 5.13. The maximum absolute atomic E-state index is 10.2. The smallest absolute Gasteiger partial charge is 0.186 e. The van der Waals surface area contributed by atoms with E-state index < -0.39 is 11.1 Å². The topological polar surface area (TPSA) is 65.6 Å². The van der Waals surface area contributed by atoms with Crippen molar-refractivity contribution >= 4 is 16.5 Å². The second-order valence-corrected chi connectivity index (χ2v) is 10.4. The maximum Gasteiger partial charge on any atom is 0.186 e. The van der Waals surface area contributed by atoms with Crippen LogP contribution in [-0.4, -0.2) is 53.8 Å². The zero-order chi connectivity index (χ0) is 21.6. The lowest BCUT2D eigenvalue weighted by molar-refractivity contribution is -0.0738. The van der Waals surface area contributed by atoms with E-state index in [9.17, 15) is 5.11 Å². The molecular formula is C25H30N4OS. The number of piperazine rings is 1. The highest BCUT2D eigenvalue weighted by Gasteiger charge is 2.49. The normalized spacial score (nSPS) is 26.6. The van der Waals surface area contributed by atoms with Crippen molar-refractivity contribution in [2.45, 2.75) is 30.9 Å². The summed E-state index contributed by atoms with van der Waals surface area (Å²) in [7, 11) is 2.17. The number of aromatic nitrogens is 1. The van der Waals surface area contributed by atoms with Crippen molar-refractivity contribution in [3.63, 3.8) is 0 Å². The number of hydrogen-bond donors (Lipinski definition) is 2. The molecule has 0 unspecified atom stereocenters. The largest absolute Gasteiger partial charge is 0.390 e. The highest BCUT2D eigenvalue weighted by molar-refractivity contribution is 7.19. The molecule has 5 nitrogen and oxygen atoms in total. The van der Waals surface area contributed by atoms with Crippen LogP contribution in [-0.2, 0) is 5.54 Å². The van der Waals surface area contributed by atoms with E-state index in [0.29, 0.717) is 12.8 Å². The summed E-state index contributed by atoms with van der Waals surface area (Å²) in [6.07, 6.45) is 1.19. The standard InChI is InChI=1S/C25H30N4OS/c1-24(30)16-25(26,17-24)20-10-8-18(9-11-20)21-22(19-6-4-3-5-7-19)31-23(27-21)29-14-12-28(2)13-15-29/h3-11,30H,12-17,26H2,1-2H3/t24-,25+. The van der Waals surface area contributed by atoms with Crippen LogP contribution in [0.5, 0.6) is 0 Å². The average molecular weight is 435 g/mol. The maximum atomic E-state index is 10.2. The number of nitrogens with zero attached hydrogens (tertiary/aromatic N) is 3. The van der Waals surface area contributed by atoms with E-state index in [-0.39, 0.29) is 0 Å². The first-order valence-electron chi connectivity index (χ1n) is 10.9. The molecule has 3 aromatic rings. The molecule has 6 heteroatoms. The average Bonchev–Trinajstić information content (AvgIpc) is 3.19. The van der Waals surface area contributed by atoms with Crippen molar-refractivity contribution in [2.24, 2.45) is 5.73 Å². The molecule has 0 bridgehead atoms. The molecule has 2 aliphatic rings. The third-order valence-electron chi connectivity index (χ3n) is 6.55. The molecule has 2 fully saturated rings. The highest BCUT2D eigenvalue weighted by Crippen LogP contribution is 2.47. The predicted molar refractivity (Wildman–Crippen MR) is 128 cm³/mol. The molecule has 0 atom stereocenters. The Balaban J connectivity index is 1.49. The van der Waals surface area contributed by atoms with Gasteiger partial charge in [-0.15, -0.1) is 0 Å². The lowest BCUT2D eigenvalue weighted by Gasteiger charge is -2.49. The first-order chi connectivity index (χ1) is 14.8. The molecule has 1 saturated heterocycles. The van der Waals surface area contributed by atoms with Crippen LogP contribution in [0.1, 0.15) is 25.3 Å². The molecule has 0 radical (unpaired) electrons. The van der Waals surface area contributed by atoms with Gasteiger partial charge in [0.05, 0.1) is 16.2 Å². The summed E-state index contributed by atoms with van der Waals surface area (Å²) in [6, 6.07) is 19.0. The first kappa shape index (κ1) is 20.6. The zero-order valence-electron chi connectivity index (χ0n) is 18.2. The second kappa shape index (κ2) is 7.71. The van der Waals surface area contributed by atoms with E-state index in [2.05, 4.69) is 71.4 Å². The van der Waals surface area contributed by atoms with E-state index >= 15 is 0 Å². The Labute approximate surface area is 188 Å². The number of hydrogen-bond acceptors (Lipinski definition) is 6. The summed E-state index contributed by atoms with van der Waals surface area (Å²) >= 11 is 1.78. The minimum absolute atomic E-state index is 0.433. The van der Waals surface area contributed by atoms with Crippen LogP contribution >= 0.6 is 11.3 Å². The minimum atomic E-state index is -0.653. The van der Waals surface area contributed by atoms with E-state index in [1.807, 2.05) is 6.92 Å². The van der Waals surface area contributed by atoms with Gasteiger partial charge in [0.25, 0.3) is 0 Å². The van der Waals surface area contributed by atoms with Crippen LogP contribution in [0.4, 0.5) is 5.13 Å². The van der Waals surface area contributed by atoms with Gasteiger partial charge in [0, 0.05) is 37.3 Å². The molecule has 31 heavy (non-hydrogen) atoms. The Morgan fingerprint density at radius 2 is 1.58 bits per heavy atom. The van der Waals surface area contributed by atoms with Crippen LogP contribution in [0.15, 0.2) is 54.6 Å². The fourth-order valence-electron chi connectivity index (χ4n) is 4.89. The molecule has 2 heterocycles. The SMILES string of the molecule is CN1CCN(c2nc(-c3ccc([C@]4(N)C[C@@](C)(O)C4)cc3)c(-c3ccccc3)s2)CC1. The molecule has 0 spiro atoms. The van der Waals surface area contributed by atoms with Crippen molar-refractivity contribution in [3.05, 3.63) is 60.2 Å². The summed E-state index contributed by atoms with van der Waals surface area (Å²) < 4.78 is 0. The molecule has 1 saturated carbocycles. The molecule has 2 aromatic carbocycles. The molecular weight excluding hydrogens is 404 g/mol. The molecule has 3 N–H and O–H groups in total. The Morgan fingerprint density at radius 3 is 2.19 bits per heavy atom. The van der Waals surface area contributed by atoms with Crippen LogP contribution in [0, 0.1) is 0 Å². The third-order valence-corrected chi connectivity index (χ3v) is 7.72. The van der Waals surface area contributed by atoms with Crippen LogP contribution < -0.4 is 10.6 Å². The lowest BCUT2D eigenvalue weighted by Crippen LogP contribution is -2.58. The third kappa shape index (κ3) is 4.01. The van der Waals surface area contributed by atoms with Gasteiger partial charge in [0.15, 0.2) is 5.13 Å². The lowest BCUT2D eigenvalue weighted by atomic mass is 9.63. The number of nitrogens with two attached hydrogens (primary N) is 1. The van der Waals surface area contributed by atoms with E-state index in [4.69, 9.17) is 10.7 Å². The van der Waals surface area contributed by atoms with Crippen molar-refractivity contribution in [2.75, 3.05) is 38.1 Å². The molecule has 1 aliphatic heterocycles. The molecule has 1 aromatic heterocycles. The van der Waals surface area contributed by atoms with Gasteiger partial charge in [-0.25, -0.2) is 4.98 Å². The number of anilines is 1. The van der Waals surface area contributed by atoms with Crippen molar-refractivity contribution in [1.29, 1.82) is 0 Å². The van der Waals surface area contributed by atoms with Gasteiger partial charge in [0.2, 0.25) is 0 Å². The number of thiazole rings is 1. The van der Waals surface area contributed by atoms with Crippen molar-refractivity contribution in [3.8, 4) is 21.7 Å². The quantitative estimate of drug-likeness (QED) is 0.651. The highest BCUT2D eigenvalue weighted by atomic mass is 32.1. The molecule has 0 amide bonds. The van der Waals surface area contributed by atoms with Gasteiger partial charge in [-0.3, -0.25) is 0 Å². The minimum Gasteiger partial charge on any atom is -0.390 e. The fraction of sp³-hybridized carbons (Fsp3) is 0.400. The molecule has 5 rings (SSSR count). The number of aliphatic hydroxyl groups is 1. The predicted octanol–water partition coefficient (Wildman–Crippen LogP) is 3.93. The second-order valence-electron chi connectivity index (χ2n) is 9.41. The summed E-state index contributed by atoms with van der Waals surface area (Å²) in [5.74, 6) is 0. The van der Waals surface area contributed by atoms with Gasteiger partial charge in [-0.05, 0) is 37.9 Å². The van der Waals surface area contributed by atoms with Crippen molar-refractivity contribution in [1.82, 2.24) is 9.88 Å². The number of likely N-dealkylation sites (N-methyl/N-ethyl adjacent to an activating group) is 1. The van der Waals surface area contributed by atoms with E-state index in [1.54, 1.807) is 11.3 Å². The van der Waals surface area contributed by atoms with Gasteiger partial charge in [-0.1, -0.05) is 65.9 Å². The van der Waals surface area contributed by atoms with Crippen molar-refractivity contribution < 1.29 is 5.11 Å². The first-order valence-corrected chi connectivity index (χ1v) is 11.8. The summed E-state index contributed by atoms with van der Waals surface area (Å²) in [5, 5.41) is 11.2. The molecule has 162 valence electrons. The Morgan fingerprint density at radius 1 is 0.935 bits per heavy atom.